The second kappa shape index (κ2) is 9.55. The number of benzene rings is 7. The first-order valence-corrected chi connectivity index (χ1v) is 15.8. The molecule has 0 N–H and O–H groups in total. The highest BCUT2D eigenvalue weighted by Gasteiger charge is 2.47. The molecule has 45 heavy (non-hydrogen) atoms. The first-order chi connectivity index (χ1) is 22.1. The minimum Gasteiger partial charge on any atom is -0.457 e. The van der Waals surface area contributed by atoms with Crippen LogP contribution < -0.4 is 4.74 Å². The van der Waals surface area contributed by atoms with E-state index in [9.17, 15) is 0 Å². The fourth-order valence-electron chi connectivity index (χ4n) is 8.08. The van der Waals surface area contributed by atoms with Crippen LogP contribution in [0.25, 0.3) is 33.0 Å². The van der Waals surface area contributed by atoms with E-state index in [1.807, 2.05) is 6.07 Å². The molecule has 0 saturated heterocycles. The highest BCUT2D eigenvalue weighted by atomic mass is 16.5. The third kappa shape index (κ3) is 3.61. The van der Waals surface area contributed by atoms with E-state index in [0.29, 0.717) is 0 Å². The van der Waals surface area contributed by atoms with Gasteiger partial charge in [0.05, 0.1) is 5.41 Å². The Balaban J connectivity index is 1.35. The van der Waals surface area contributed by atoms with Crippen LogP contribution in [0.5, 0.6) is 11.5 Å². The predicted octanol–water partition coefficient (Wildman–Crippen LogP) is 11.3. The quantitative estimate of drug-likeness (QED) is 0.203. The molecule has 9 rings (SSSR count). The van der Waals surface area contributed by atoms with Crippen molar-refractivity contribution in [1.82, 2.24) is 0 Å². The molecule has 7 aromatic rings. The zero-order valence-electron chi connectivity index (χ0n) is 25.4. The van der Waals surface area contributed by atoms with Crippen molar-refractivity contribution < 1.29 is 4.74 Å². The van der Waals surface area contributed by atoms with E-state index in [0.717, 1.165) is 11.5 Å². The van der Waals surface area contributed by atoms with Crippen LogP contribution >= 0.6 is 0 Å². The molecular formula is C44H32O. The Labute approximate surface area is 264 Å². The van der Waals surface area contributed by atoms with Crippen LogP contribution in [0.4, 0.5) is 0 Å². The summed E-state index contributed by atoms with van der Waals surface area (Å²) in [6.07, 6.45) is 0. The van der Waals surface area contributed by atoms with Gasteiger partial charge < -0.3 is 4.74 Å². The Morgan fingerprint density at radius 2 is 0.978 bits per heavy atom. The van der Waals surface area contributed by atoms with Crippen LogP contribution in [-0.4, -0.2) is 0 Å². The van der Waals surface area contributed by atoms with Gasteiger partial charge in [-0.3, -0.25) is 0 Å². The smallest absolute Gasteiger partial charge is 0.131 e. The third-order valence-corrected chi connectivity index (χ3v) is 10.2. The molecule has 1 heteroatoms. The van der Waals surface area contributed by atoms with Gasteiger partial charge in [-0.25, -0.2) is 0 Å². The van der Waals surface area contributed by atoms with Crippen molar-refractivity contribution in [3.05, 3.63) is 191 Å². The highest BCUT2D eigenvalue weighted by molar-refractivity contribution is 5.96. The van der Waals surface area contributed by atoms with E-state index in [1.54, 1.807) is 0 Å². The number of hydrogen-bond acceptors (Lipinski definition) is 1. The molecule has 1 unspecified atom stereocenters. The molecule has 214 valence electrons. The summed E-state index contributed by atoms with van der Waals surface area (Å²) in [7, 11) is 0. The van der Waals surface area contributed by atoms with Crippen molar-refractivity contribution in [2.45, 2.75) is 24.7 Å². The summed E-state index contributed by atoms with van der Waals surface area (Å²) in [5, 5.41) is 2.52. The summed E-state index contributed by atoms with van der Waals surface area (Å²) in [5.41, 5.74) is 12.0. The molecule has 0 bridgehead atoms. The minimum absolute atomic E-state index is 0.197. The summed E-state index contributed by atoms with van der Waals surface area (Å²) in [6.45, 7) is 4.62. The average Bonchev–Trinajstić information content (AvgIpc) is 3.37. The molecule has 1 aliphatic carbocycles. The lowest BCUT2D eigenvalue weighted by molar-refractivity contribution is 0.418. The van der Waals surface area contributed by atoms with Gasteiger partial charge in [-0.2, -0.15) is 0 Å². The van der Waals surface area contributed by atoms with Crippen LogP contribution in [0.2, 0.25) is 0 Å². The van der Waals surface area contributed by atoms with Crippen LogP contribution in [0.15, 0.2) is 158 Å². The molecular weight excluding hydrogens is 544 g/mol. The van der Waals surface area contributed by atoms with Gasteiger partial charge in [0.1, 0.15) is 11.5 Å². The standard InChI is InChI=1S/C44H32O/c1-43(2)38-22-12-13-23-41(38)45-42-25-24-31(28-40(42)43)33-18-8-10-20-36(33)44(32-16-4-3-5-17-32)37-21-11-9-19-34(37)35-26-29-14-6-7-15-30(29)27-39(35)44/h3-28H,1-2H3. The largest absolute Gasteiger partial charge is 0.457 e. The van der Waals surface area contributed by atoms with E-state index >= 15 is 0 Å². The van der Waals surface area contributed by atoms with Crippen LogP contribution in [0, 0.1) is 0 Å². The van der Waals surface area contributed by atoms with Gasteiger partial charge in [-0.15, -0.1) is 0 Å². The molecule has 0 radical (unpaired) electrons. The number of hydrogen-bond donors (Lipinski definition) is 0. The number of fused-ring (bicyclic) bond motifs is 6. The summed E-state index contributed by atoms with van der Waals surface area (Å²) >= 11 is 0. The lowest BCUT2D eigenvalue weighted by Gasteiger charge is -2.37. The van der Waals surface area contributed by atoms with Crippen molar-refractivity contribution in [2.24, 2.45) is 0 Å². The van der Waals surface area contributed by atoms with Gasteiger partial charge in [-0.1, -0.05) is 141 Å². The number of ether oxygens (including phenoxy) is 1. The fourth-order valence-corrected chi connectivity index (χ4v) is 8.08. The SMILES string of the molecule is CC1(C)c2ccccc2Oc2ccc(-c3ccccc3C3(c4ccccc4)c4ccccc4-c4cc5ccccc5cc43)cc21. The maximum Gasteiger partial charge on any atom is 0.131 e. The predicted molar refractivity (Wildman–Crippen MR) is 185 cm³/mol. The van der Waals surface area contributed by atoms with Crippen LogP contribution in [0.3, 0.4) is 0 Å². The summed E-state index contributed by atoms with van der Waals surface area (Å²) in [5.74, 6) is 1.87. The fraction of sp³-hybridized carbons (Fsp3) is 0.0909. The van der Waals surface area contributed by atoms with E-state index in [-0.39, 0.29) is 5.41 Å². The van der Waals surface area contributed by atoms with Gasteiger partial charge in [0.25, 0.3) is 0 Å². The molecule has 1 nitrogen and oxygen atoms in total. The topological polar surface area (TPSA) is 9.23 Å². The maximum atomic E-state index is 6.46. The van der Waals surface area contributed by atoms with Gasteiger partial charge in [0.2, 0.25) is 0 Å². The van der Waals surface area contributed by atoms with Gasteiger partial charge >= 0.3 is 0 Å². The number of para-hydroxylation sites is 1. The van der Waals surface area contributed by atoms with Crippen molar-refractivity contribution in [1.29, 1.82) is 0 Å². The van der Waals surface area contributed by atoms with E-state index in [4.69, 9.17) is 4.74 Å². The van der Waals surface area contributed by atoms with Crippen LogP contribution in [-0.2, 0) is 10.8 Å². The molecule has 0 aromatic heterocycles. The molecule has 7 aromatic carbocycles. The zero-order valence-corrected chi connectivity index (χ0v) is 25.4. The second-order valence-corrected chi connectivity index (χ2v) is 12.9. The zero-order chi connectivity index (χ0) is 30.2. The molecule has 2 aliphatic rings. The first kappa shape index (κ1) is 26.0. The molecule has 0 saturated carbocycles. The van der Waals surface area contributed by atoms with E-state index < -0.39 is 5.41 Å². The van der Waals surface area contributed by atoms with Gasteiger partial charge in [-0.05, 0) is 85.6 Å². The van der Waals surface area contributed by atoms with Gasteiger partial charge in [0, 0.05) is 16.5 Å². The Kier molecular flexibility index (Phi) is 5.53. The molecule has 1 atom stereocenters. The highest BCUT2D eigenvalue weighted by Crippen LogP contribution is 2.59. The maximum absolute atomic E-state index is 6.46. The Morgan fingerprint density at radius 1 is 0.400 bits per heavy atom. The van der Waals surface area contributed by atoms with Crippen molar-refractivity contribution in [3.8, 4) is 33.8 Å². The monoisotopic (exact) mass is 576 g/mol. The third-order valence-electron chi connectivity index (χ3n) is 10.2. The molecule has 1 heterocycles. The average molecular weight is 577 g/mol. The lowest BCUT2D eigenvalue weighted by atomic mass is 9.65. The number of rotatable bonds is 3. The van der Waals surface area contributed by atoms with Crippen molar-refractivity contribution in [2.75, 3.05) is 0 Å². The van der Waals surface area contributed by atoms with E-state index in [1.165, 1.54) is 66.4 Å². The van der Waals surface area contributed by atoms with Crippen LogP contribution in [0.1, 0.15) is 47.2 Å². The summed E-state index contributed by atoms with van der Waals surface area (Å²) < 4.78 is 6.46. The molecule has 0 spiro atoms. The second-order valence-electron chi connectivity index (χ2n) is 12.9. The van der Waals surface area contributed by atoms with Crippen molar-refractivity contribution in [3.63, 3.8) is 0 Å². The van der Waals surface area contributed by atoms with Crippen molar-refractivity contribution >= 4 is 10.8 Å². The Morgan fingerprint density at radius 3 is 1.76 bits per heavy atom. The molecule has 1 aliphatic heterocycles. The lowest BCUT2D eigenvalue weighted by Crippen LogP contribution is -2.29. The first-order valence-electron chi connectivity index (χ1n) is 15.8. The molecule has 0 amide bonds. The summed E-state index contributed by atoms with van der Waals surface area (Å²) in [4.78, 5) is 0. The Bertz CT molecular complexity index is 2280. The minimum atomic E-state index is -0.498. The Hall–Kier alpha value is -5.40. The summed E-state index contributed by atoms with van der Waals surface area (Å²) in [6, 6.07) is 57.9. The normalized spacial score (nSPS) is 17.1. The molecule has 0 fully saturated rings. The van der Waals surface area contributed by atoms with Gasteiger partial charge in [0.15, 0.2) is 0 Å². The van der Waals surface area contributed by atoms with E-state index in [2.05, 4.69) is 166 Å².